The molecule has 1 heterocycles. The van der Waals surface area contributed by atoms with Crippen molar-refractivity contribution in [2.45, 2.75) is 19.8 Å². The number of aromatic nitrogens is 2. The summed E-state index contributed by atoms with van der Waals surface area (Å²) in [5.41, 5.74) is 0. The van der Waals surface area contributed by atoms with Gasteiger partial charge in [-0.3, -0.25) is 0 Å². The summed E-state index contributed by atoms with van der Waals surface area (Å²) >= 11 is 0. The van der Waals surface area contributed by atoms with Gasteiger partial charge in [-0.05, 0) is 11.6 Å². The SMILES string of the molecule is CCCc1nc(OC)no1. The normalized spacial score (nSPS) is 9.80. The van der Waals surface area contributed by atoms with Gasteiger partial charge in [-0.25, -0.2) is 0 Å². The maximum Gasteiger partial charge on any atom is 0.353 e. The predicted molar refractivity (Wildman–Crippen MR) is 34.8 cm³/mol. The van der Waals surface area contributed by atoms with Gasteiger partial charge in [0.05, 0.1) is 7.11 Å². The summed E-state index contributed by atoms with van der Waals surface area (Å²) in [7, 11) is 1.51. The van der Waals surface area contributed by atoms with E-state index in [1.54, 1.807) is 0 Å². The second-order valence-corrected chi connectivity index (χ2v) is 1.92. The number of hydrogen-bond donors (Lipinski definition) is 0. The van der Waals surface area contributed by atoms with Gasteiger partial charge in [-0.2, -0.15) is 4.98 Å². The first-order chi connectivity index (χ1) is 4.86. The first kappa shape index (κ1) is 7.05. The summed E-state index contributed by atoms with van der Waals surface area (Å²) in [5, 5.41) is 3.54. The summed E-state index contributed by atoms with van der Waals surface area (Å²) in [4.78, 5) is 3.92. The van der Waals surface area contributed by atoms with Crippen molar-refractivity contribution in [2.24, 2.45) is 0 Å². The summed E-state index contributed by atoms with van der Waals surface area (Å²) < 4.78 is 9.54. The van der Waals surface area contributed by atoms with Crippen molar-refractivity contribution in [2.75, 3.05) is 7.11 Å². The van der Waals surface area contributed by atoms with Crippen molar-refractivity contribution in [1.82, 2.24) is 10.1 Å². The molecule has 0 fully saturated rings. The molecule has 0 aliphatic rings. The highest BCUT2D eigenvalue weighted by atomic mass is 16.5. The first-order valence-electron chi connectivity index (χ1n) is 3.23. The van der Waals surface area contributed by atoms with Gasteiger partial charge in [0.1, 0.15) is 0 Å². The first-order valence-corrected chi connectivity index (χ1v) is 3.23. The summed E-state index contributed by atoms with van der Waals surface area (Å²) in [5.74, 6) is 0.638. The van der Waals surface area contributed by atoms with E-state index in [9.17, 15) is 0 Å². The Bertz CT molecular complexity index is 197. The molecule has 10 heavy (non-hydrogen) atoms. The highest BCUT2D eigenvalue weighted by Crippen LogP contribution is 2.05. The van der Waals surface area contributed by atoms with Crippen LogP contribution in [0.2, 0.25) is 0 Å². The van der Waals surface area contributed by atoms with E-state index in [0.29, 0.717) is 11.9 Å². The molecule has 0 aliphatic carbocycles. The smallest absolute Gasteiger partial charge is 0.353 e. The third kappa shape index (κ3) is 1.46. The molecule has 0 unspecified atom stereocenters. The number of hydrogen-bond acceptors (Lipinski definition) is 4. The van der Waals surface area contributed by atoms with Gasteiger partial charge >= 0.3 is 6.01 Å². The van der Waals surface area contributed by atoms with Gasteiger partial charge < -0.3 is 9.26 Å². The summed E-state index contributed by atoms with van der Waals surface area (Å²) in [6.45, 7) is 2.05. The van der Waals surface area contributed by atoms with Crippen LogP contribution in [-0.2, 0) is 6.42 Å². The molecule has 0 N–H and O–H groups in total. The molecule has 1 rings (SSSR count). The van der Waals surface area contributed by atoms with Gasteiger partial charge in [0.25, 0.3) is 0 Å². The third-order valence-electron chi connectivity index (χ3n) is 1.10. The highest BCUT2D eigenvalue weighted by Gasteiger charge is 2.02. The topological polar surface area (TPSA) is 48.2 Å². The molecule has 1 aromatic rings. The number of rotatable bonds is 3. The molecular formula is C6H10N2O2. The van der Waals surface area contributed by atoms with Crippen molar-refractivity contribution in [1.29, 1.82) is 0 Å². The van der Waals surface area contributed by atoms with E-state index in [2.05, 4.69) is 17.1 Å². The van der Waals surface area contributed by atoms with Crippen molar-refractivity contribution >= 4 is 0 Å². The van der Waals surface area contributed by atoms with Crippen LogP contribution in [0.15, 0.2) is 4.52 Å². The van der Waals surface area contributed by atoms with Crippen LogP contribution in [0.4, 0.5) is 0 Å². The van der Waals surface area contributed by atoms with E-state index in [1.165, 1.54) is 7.11 Å². The van der Waals surface area contributed by atoms with Crippen molar-refractivity contribution < 1.29 is 9.26 Å². The van der Waals surface area contributed by atoms with E-state index < -0.39 is 0 Å². The number of aryl methyl sites for hydroxylation is 1. The van der Waals surface area contributed by atoms with Crippen molar-refractivity contribution in [3.8, 4) is 6.01 Å². The highest BCUT2D eigenvalue weighted by molar-refractivity contribution is 4.90. The maximum absolute atomic E-state index is 4.81. The molecule has 0 radical (unpaired) electrons. The Morgan fingerprint density at radius 2 is 2.40 bits per heavy atom. The monoisotopic (exact) mass is 142 g/mol. The van der Waals surface area contributed by atoms with E-state index in [1.807, 2.05) is 0 Å². The molecule has 0 spiro atoms. The van der Waals surface area contributed by atoms with E-state index >= 15 is 0 Å². The van der Waals surface area contributed by atoms with Crippen molar-refractivity contribution in [3.05, 3.63) is 5.89 Å². The number of methoxy groups -OCH3 is 1. The van der Waals surface area contributed by atoms with Crippen LogP contribution in [0.25, 0.3) is 0 Å². The molecule has 56 valence electrons. The lowest BCUT2D eigenvalue weighted by Gasteiger charge is -1.84. The van der Waals surface area contributed by atoms with Crippen LogP contribution < -0.4 is 4.74 Å². The Labute approximate surface area is 59.2 Å². The third-order valence-corrected chi connectivity index (χ3v) is 1.10. The minimum Gasteiger partial charge on any atom is -0.465 e. The average molecular weight is 142 g/mol. The Morgan fingerprint density at radius 1 is 1.60 bits per heavy atom. The van der Waals surface area contributed by atoms with Gasteiger partial charge in [0, 0.05) is 6.42 Å². The lowest BCUT2D eigenvalue weighted by Crippen LogP contribution is -1.85. The zero-order valence-corrected chi connectivity index (χ0v) is 6.13. The standard InChI is InChI=1S/C6H10N2O2/c1-3-4-5-7-6(9-2)8-10-5/h3-4H2,1-2H3. The summed E-state index contributed by atoms with van der Waals surface area (Å²) in [6, 6.07) is 0.309. The molecule has 0 bridgehead atoms. The van der Waals surface area contributed by atoms with Crippen LogP contribution in [-0.4, -0.2) is 17.3 Å². The zero-order valence-electron chi connectivity index (χ0n) is 6.13. The zero-order chi connectivity index (χ0) is 7.40. The van der Waals surface area contributed by atoms with E-state index in [0.717, 1.165) is 12.8 Å². The molecule has 1 aromatic heterocycles. The Hall–Kier alpha value is -1.06. The minimum absolute atomic E-state index is 0.309. The maximum atomic E-state index is 4.81. The summed E-state index contributed by atoms with van der Waals surface area (Å²) in [6.07, 6.45) is 1.82. The second-order valence-electron chi connectivity index (χ2n) is 1.92. The fourth-order valence-electron chi connectivity index (χ4n) is 0.638. The van der Waals surface area contributed by atoms with Gasteiger partial charge in [0.15, 0.2) is 0 Å². The molecular weight excluding hydrogens is 132 g/mol. The van der Waals surface area contributed by atoms with Crippen molar-refractivity contribution in [3.63, 3.8) is 0 Å². The number of ether oxygens (including phenoxy) is 1. The fraction of sp³-hybridized carbons (Fsp3) is 0.667. The molecule has 0 saturated carbocycles. The Morgan fingerprint density at radius 3 is 2.90 bits per heavy atom. The predicted octanol–water partition coefficient (Wildman–Crippen LogP) is 1.03. The van der Waals surface area contributed by atoms with Gasteiger partial charge in [-0.1, -0.05) is 6.92 Å². The lowest BCUT2D eigenvalue weighted by molar-refractivity contribution is 0.325. The van der Waals surface area contributed by atoms with Crippen LogP contribution in [0.3, 0.4) is 0 Å². The van der Waals surface area contributed by atoms with Crippen LogP contribution in [0, 0.1) is 0 Å². The second kappa shape index (κ2) is 3.20. The lowest BCUT2D eigenvalue weighted by atomic mass is 10.3. The quantitative estimate of drug-likeness (QED) is 0.632. The van der Waals surface area contributed by atoms with E-state index in [-0.39, 0.29) is 0 Å². The van der Waals surface area contributed by atoms with Crippen LogP contribution in [0.5, 0.6) is 6.01 Å². The largest absolute Gasteiger partial charge is 0.465 e. The molecule has 4 nitrogen and oxygen atoms in total. The van der Waals surface area contributed by atoms with Crippen LogP contribution >= 0.6 is 0 Å². The minimum atomic E-state index is 0.309. The molecule has 0 saturated heterocycles. The average Bonchev–Trinajstić information content (AvgIpc) is 2.37. The fourth-order valence-corrected chi connectivity index (χ4v) is 0.638. The molecule has 0 aromatic carbocycles. The molecule has 0 amide bonds. The molecule has 4 heteroatoms. The van der Waals surface area contributed by atoms with E-state index in [4.69, 9.17) is 9.26 Å². The Kier molecular flexibility index (Phi) is 2.25. The molecule has 0 atom stereocenters. The van der Waals surface area contributed by atoms with Crippen LogP contribution in [0.1, 0.15) is 19.2 Å². The molecule has 0 aliphatic heterocycles. The Balaban J connectivity index is 2.59. The van der Waals surface area contributed by atoms with Gasteiger partial charge in [0.2, 0.25) is 5.89 Å². The number of nitrogens with zero attached hydrogens (tertiary/aromatic N) is 2. The van der Waals surface area contributed by atoms with Gasteiger partial charge in [-0.15, -0.1) is 0 Å².